The van der Waals surface area contributed by atoms with Crippen LogP contribution in [0, 0.1) is 0 Å². The van der Waals surface area contributed by atoms with Crippen LogP contribution in [0.25, 0.3) is 22.3 Å². The summed E-state index contributed by atoms with van der Waals surface area (Å²) < 4.78 is 16.0. The first kappa shape index (κ1) is 18.3. The molecule has 0 saturated carbocycles. The van der Waals surface area contributed by atoms with Crippen molar-refractivity contribution in [2.24, 2.45) is 0 Å². The number of ether oxygens (including phenoxy) is 2. The first-order chi connectivity index (χ1) is 12.5. The number of aromatic hydroxyl groups is 1. The van der Waals surface area contributed by atoms with Crippen LogP contribution in [0.2, 0.25) is 5.02 Å². The third kappa shape index (κ3) is 3.84. The quantitative estimate of drug-likeness (QED) is 0.599. The van der Waals surface area contributed by atoms with E-state index in [4.69, 9.17) is 25.5 Å². The Balaban J connectivity index is 1.99. The third-order valence-electron chi connectivity index (χ3n) is 3.59. The molecule has 0 radical (unpaired) electrons. The summed E-state index contributed by atoms with van der Waals surface area (Å²) in [5, 5.41) is 14.3. The molecule has 2 N–H and O–H groups in total. The molecule has 0 aliphatic rings. The Kier molecular flexibility index (Phi) is 5.49. The molecule has 1 aromatic carbocycles. The number of hydrogen-bond donors (Lipinski definition) is 2. The van der Waals surface area contributed by atoms with Crippen LogP contribution >= 0.6 is 11.6 Å². The number of nitrogens with one attached hydrogen (secondary N) is 1. The summed E-state index contributed by atoms with van der Waals surface area (Å²) in [6, 6.07) is 5.51. The number of fused-ring (bicyclic) bond motifs is 1. The number of rotatable bonds is 7. The van der Waals surface area contributed by atoms with E-state index in [-0.39, 0.29) is 11.8 Å². The lowest BCUT2D eigenvalue weighted by molar-refractivity contribution is 0.146. The Morgan fingerprint density at radius 2 is 2.04 bits per heavy atom. The second-order valence-corrected chi connectivity index (χ2v) is 6.36. The van der Waals surface area contributed by atoms with Gasteiger partial charge in [0.1, 0.15) is 35.1 Å². The molecule has 0 amide bonds. The highest BCUT2D eigenvalue weighted by Gasteiger charge is 2.16. The second-order valence-electron chi connectivity index (χ2n) is 5.98. The van der Waals surface area contributed by atoms with Crippen molar-refractivity contribution in [1.29, 1.82) is 0 Å². The van der Waals surface area contributed by atoms with E-state index in [0.29, 0.717) is 52.3 Å². The van der Waals surface area contributed by atoms with Crippen LogP contribution in [0.5, 0.6) is 11.5 Å². The van der Waals surface area contributed by atoms with E-state index in [1.54, 1.807) is 19.2 Å². The van der Waals surface area contributed by atoms with Gasteiger partial charge < -0.3 is 24.3 Å². The number of oxazole rings is 1. The average Bonchev–Trinajstić information content (AvgIpc) is 3.05. The van der Waals surface area contributed by atoms with Crippen molar-refractivity contribution in [1.82, 2.24) is 9.97 Å². The molecule has 2 aromatic heterocycles. The molecule has 3 rings (SSSR count). The Labute approximate surface area is 155 Å². The Bertz CT molecular complexity index is 911. The topological polar surface area (TPSA) is 89.6 Å². The normalized spacial score (nSPS) is 11.3. The molecule has 0 saturated heterocycles. The predicted molar refractivity (Wildman–Crippen MR) is 100 cm³/mol. The molecule has 3 aromatic rings. The predicted octanol–water partition coefficient (Wildman–Crippen LogP) is 4.09. The summed E-state index contributed by atoms with van der Waals surface area (Å²) >= 11 is 6.43. The van der Waals surface area contributed by atoms with E-state index in [9.17, 15) is 5.11 Å². The third-order valence-corrected chi connectivity index (χ3v) is 3.95. The summed E-state index contributed by atoms with van der Waals surface area (Å²) in [6.07, 6.45) is 1.48. The maximum absolute atomic E-state index is 10.4. The summed E-state index contributed by atoms with van der Waals surface area (Å²) in [6.45, 7) is 4.77. The van der Waals surface area contributed by atoms with Crippen LogP contribution in [0.4, 0.5) is 6.01 Å². The smallest absolute Gasteiger partial charge is 0.295 e. The van der Waals surface area contributed by atoms with Gasteiger partial charge in [-0.05, 0) is 26.0 Å². The molecule has 0 spiro atoms. The van der Waals surface area contributed by atoms with E-state index >= 15 is 0 Å². The molecule has 138 valence electrons. The van der Waals surface area contributed by atoms with Gasteiger partial charge in [0.2, 0.25) is 0 Å². The van der Waals surface area contributed by atoms with Crippen LogP contribution in [-0.2, 0) is 4.74 Å². The zero-order valence-electron chi connectivity index (χ0n) is 14.7. The molecular weight excluding hydrogens is 358 g/mol. The van der Waals surface area contributed by atoms with Crippen LogP contribution in [0.3, 0.4) is 0 Å². The number of anilines is 1. The monoisotopic (exact) mass is 377 g/mol. The minimum atomic E-state index is 0.0525. The largest absolute Gasteiger partial charge is 0.507 e. The van der Waals surface area contributed by atoms with E-state index in [1.165, 1.54) is 12.3 Å². The highest BCUT2D eigenvalue weighted by molar-refractivity contribution is 6.36. The van der Waals surface area contributed by atoms with Crippen LogP contribution in [-0.4, -0.2) is 41.4 Å². The van der Waals surface area contributed by atoms with Gasteiger partial charge in [-0.25, -0.2) is 4.98 Å². The van der Waals surface area contributed by atoms with Gasteiger partial charge in [0, 0.05) is 24.6 Å². The molecule has 0 aliphatic heterocycles. The van der Waals surface area contributed by atoms with Crippen molar-refractivity contribution < 1.29 is 19.0 Å². The number of nitrogens with zero attached hydrogens (tertiary/aromatic N) is 2. The number of benzene rings is 1. The van der Waals surface area contributed by atoms with Gasteiger partial charge >= 0.3 is 0 Å². The van der Waals surface area contributed by atoms with Crippen molar-refractivity contribution in [3.05, 3.63) is 29.5 Å². The van der Waals surface area contributed by atoms with Crippen LogP contribution in [0.1, 0.15) is 13.8 Å². The number of pyridine rings is 1. The fourth-order valence-corrected chi connectivity index (χ4v) is 2.67. The zero-order chi connectivity index (χ0) is 18.7. The zero-order valence-corrected chi connectivity index (χ0v) is 15.5. The van der Waals surface area contributed by atoms with E-state index in [0.717, 1.165) is 0 Å². The van der Waals surface area contributed by atoms with Crippen LogP contribution in [0.15, 0.2) is 28.9 Å². The van der Waals surface area contributed by atoms with Gasteiger partial charge in [0.25, 0.3) is 6.01 Å². The van der Waals surface area contributed by atoms with Crippen LogP contribution < -0.4 is 10.1 Å². The first-order valence-electron chi connectivity index (χ1n) is 8.16. The SMILES string of the molecule is COCCOc1ccc2c(O)cc(-c3coc(NC(C)C)n3)nc2c1Cl. The number of aromatic nitrogens is 2. The highest BCUT2D eigenvalue weighted by atomic mass is 35.5. The summed E-state index contributed by atoms with van der Waals surface area (Å²) in [7, 11) is 1.59. The minimum Gasteiger partial charge on any atom is -0.507 e. The fraction of sp³-hybridized carbons (Fsp3) is 0.333. The fourth-order valence-electron chi connectivity index (χ4n) is 2.40. The molecule has 2 heterocycles. The van der Waals surface area contributed by atoms with Gasteiger partial charge in [-0.15, -0.1) is 0 Å². The number of methoxy groups -OCH3 is 1. The maximum Gasteiger partial charge on any atom is 0.295 e. The molecule has 8 heteroatoms. The number of halogens is 1. The molecule has 0 fully saturated rings. The Morgan fingerprint density at radius 3 is 2.77 bits per heavy atom. The first-order valence-corrected chi connectivity index (χ1v) is 8.53. The molecule has 0 atom stereocenters. The second kappa shape index (κ2) is 7.80. The van der Waals surface area contributed by atoms with Crippen molar-refractivity contribution in [3.63, 3.8) is 0 Å². The molecule has 0 unspecified atom stereocenters. The van der Waals surface area contributed by atoms with Gasteiger partial charge in [0.05, 0.1) is 17.8 Å². The van der Waals surface area contributed by atoms with Gasteiger partial charge in [-0.2, -0.15) is 4.98 Å². The summed E-state index contributed by atoms with van der Waals surface area (Å²) in [4.78, 5) is 8.87. The molecule has 26 heavy (non-hydrogen) atoms. The summed E-state index contributed by atoms with van der Waals surface area (Å²) in [5.41, 5.74) is 1.37. The Morgan fingerprint density at radius 1 is 1.23 bits per heavy atom. The van der Waals surface area contributed by atoms with E-state index in [1.807, 2.05) is 13.8 Å². The molecule has 0 aliphatic carbocycles. The van der Waals surface area contributed by atoms with Crippen molar-refractivity contribution in [2.45, 2.75) is 19.9 Å². The van der Waals surface area contributed by atoms with Crippen molar-refractivity contribution in [3.8, 4) is 22.9 Å². The van der Waals surface area contributed by atoms with Crippen molar-refractivity contribution >= 4 is 28.5 Å². The maximum atomic E-state index is 10.4. The van der Waals surface area contributed by atoms with E-state index < -0.39 is 0 Å². The van der Waals surface area contributed by atoms with Gasteiger partial charge in [0.15, 0.2) is 0 Å². The Hall–Kier alpha value is -2.51. The lowest BCUT2D eigenvalue weighted by atomic mass is 10.1. The highest BCUT2D eigenvalue weighted by Crippen LogP contribution is 2.37. The minimum absolute atomic E-state index is 0.0525. The van der Waals surface area contributed by atoms with Crippen molar-refractivity contribution in [2.75, 3.05) is 25.6 Å². The van der Waals surface area contributed by atoms with Gasteiger partial charge in [-0.1, -0.05) is 11.6 Å². The average molecular weight is 378 g/mol. The molecule has 0 bridgehead atoms. The lowest BCUT2D eigenvalue weighted by Gasteiger charge is -2.11. The lowest BCUT2D eigenvalue weighted by Crippen LogP contribution is -2.09. The standard InChI is InChI=1S/C18H20ClN3O4/c1-10(2)20-18-22-13(9-26-18)12-8-14(23)11-4-5-15(25-7-6-24-3)16(19)17(11)21-12/h4-5,8-10H,6-7H2,1-3H3,(H,20,22)(H,21,23). The van der Waals surface area contributed by atoms with Gasteiger partial charge in [-0.3, -0.25) is 0 Å². The summed E-state index contributed by atoms with van der Waals surface area (Å²) in [5.74, 6) is 0.527. The van der Waals surface area contributed by atoms with E-state index in [2.05, 4.69) is 15.3 Å². The number of hydrogen-bond acceptors (Lipinski definition) is 7. The molecular formula is C18H20ClN3O4. The molecule has 7 nitrogen and oxygen atoms in total.